The van der Waals surface area contributed by atoms with Crippen LogP contribution < -0.4 is 5.32 Å². The number of amides is 2. The highest BCUT2D eigenvalue weighted by atomic mass is 16.2. The number of nitrogens with zero attached hydrogens (tertiary/aromatic N) is 3. The van der Waals surface area contributed by atoms with E-state index in [4.69, 9.17) is 0 Å². The summed E-state index contributed by atoms with van der Waals surface area (Å²) >= 11 is 0. The Hall–Kier alpha value is -1.59. The van der Waals surface area contributed by atoms with E-state index in [1.807, 2.05) is 36.1 Å². The summed E-state index contributed by atoms with van der Waals surface area (Å²) in [6.45, 7) is 10.5. The van der Waals surface area contributed by atoms with Gasteiger partial charge in [-0.15, -0.1) is 0 Å². The second-order valence-electron chi connectivity index (χ2n) is 6.67. The second kappa shape index (κ2) is 7.79. The van der Waals surface area contributed by atoms with E-state index in [2.05, 4.69) is 15.1 Å². The zero-order valence-electron chi connectivity index (χ0n) is 14.1. The first-order valence-electron chi connectivity index (χ1n) is 8.78. The number of rotatable bonds is 4. The second-order valence-corrected chi connectivity index (χ2v) is 6.67. The van der Waals surface area contributed by atoms with Crippen molar-refractivity contribution in [2.45, 2.75) is 19.8 Å². The maximum atomic E-state index is 12.3. The monoisotopic (exact) mass is 316 g/mol. The lowest BCUT2D eigenvalue weighted by atomic mass is 10.2. The van der Waals surface area contributed by atoms with Crippen LogP contribution >= 0.6 is 0 Å². The van der Waals surface area contributed by atoms with E-state index in [0.29, 0.717) is 0 Å². The fourth-order valence-electron chi connectivity index (χ4n) is 3.30. The number of urea groups is 1. The number of piperazine rings is 1. The molecule has 23 heavy (non-hydrogen) atoms. The third-order valence-electron chi connectivity index (χ3n) is 4.89. The van der Waals surface area contributed by atoms with Crippen molar-refractivity contribution >= 4 is 11.7 Å². The molecule has 3 rings (SSSR count). The molecule has 1 aromatic carbocycles. The highest BCUT2D eigenvalue weighted by Gasteiger charge is 2.21. The van der Waals surface area contributed by atoms with Crippen molar-refractivity contribution in [1.82, 2.24) is 14.7 Å². The molecule has 0 aliphatic carbocycles. The van der Waals surface area contributed by atoms with Gasteiger partial charge in [0.05, 0.1) is 0 Å². The highest BCUT2D eigenvalue weighted by Crippen LogP contribution is 2.11. The molecule has 0 atom stereocenters. The predicted molar refractivity (Wildman–Crippen MR) is 93.9 cm³/mol. The van der Waals surface area contributed by atoms with Crippen LogP contribution in [-0.4, -0.2) is 73.1 Å². The molecule has 2 aliphatic heterocycles. The average molecular weight is 316 g/mol. The van der Waals surface area contributed by atoms with Crippen molar-refractivity contribution in [3.8, 4) is 0 Å². The number of likely N-dealkylation sites (tertiary alicyclic amines) is 1. The maximum Gasteiger partial charge on any atom is 0.321 e. The normalized spacial score (nSPS) is 20.0. The van der Waals surface area contributed by atoms with Crippen LogP contribution in [-0.2, 0) is 0 Å². The molecule has 5 nitrogen and oxygen atoms in total. The van der Waals surface area contributed by atoms with Crippen molar-refractivity contribution in [1.29, 1.82) is 0 Å². The Labute approximate surface area is 139 Å². The quantitative estimate of drug-likeness (QED) is 0.926. The van der Waals surface area contributed by atoms with E-state index in [0.717, 1.165) is 38.4 Å². The zero-order chi connectivity index (χ0) is 16.1. The Morgan fingerprint density at radius 1 is 0.913 bits per heavy atom. The lowest BCUT2D eigenvalue weighted by Gasteiger charge is -2.35. The molecule has 0 aromatic heterocycles. The summed E-state index contributed by atoms with van der Waals surface area (Å²) in [5, 5.41) is 2.99. The van der Waals surface area contributed by atoms with Crippen LogP contribution in [0, 0.1) is 6.92 Å². The van der Waals surface area contributed by atoms with E-state index in [-0.39, 0.29) is 6.03 Å². The van der Waals surface area contributed by atoms with Gasteiger partial charge in [0.25, 0.3) is 0 Å². The van der Waals surface area contributed by atoms with Gasteiger partial charge in [-0.2, -0.15) is 0 Å². The number of hydrogen-bond acceptors (Lipinski definition) is 3. The van der Waals surface area contributed by atoms with Gasteiger partial charge in [0.1, 0.15) is 0 Å². The van der Waals surface area contributed by atoms with Crippen LogP contribution in [0.15, 0.2) is 24.3 Å². The van der Waals surface area contributed by atoms with Crippen LogP contribution in [0.2, 0.25) is 0 Å². The minimum atomic E-state index is 0.0213. The first-order chi connectivity index (χ1) is 11.2. The number of carbonyl (C=O) groups excluding carboxylic acids is 1. The third-order valence-corrected chi connectivity index (χ3v) is 4.89. The van der Waals surface area contributed by atoms with Gasteiger partial charge in [-0.1, -0.05) is 17.7 Å². The molecule has 0 saturated carbocycles. The molecule has 2 aliphatic rings. The van der Waals surface area contributed by atoms with Crippen molar-refractivity contribution in [2.75, 3.05) is 57.7 Å². The zero-order valence-corrected chi connectivity index (χ0v) is 14.1. The van der Waals surface area contributed by atoms with Crippen LogP contribution in [0.25, 0.3) is 0 Å². The summed E-state index contributed by atoms with van der Waals surface area (Å²) in [6, 6.07) is 7.98. The lowest BCUT2D eigenvalue weighted by Crippen LogP contribution is -2.51. The Morgan fingerprint density at radius 3 is 2.09 bits per heavy atom. The van der Waals surface area contributed by atoms with Gasteiger partial charge in [-0.3, -0.25) is 4.90 Å². The van der Waals surface area contributed by atoms with Crippen LogP contribution in [0.3, 0.4) is 0 Å². The Morgan fingerprint density at radius 2 is 1.48 bits per heavy atom. The van der Waals surface area contributed by atoms with Gasteiger partial charge in [0.2, 0.25) is 0 Å². The molecule has 2 heterocycles. The molecule has 2 amide bonds. The topological polar surface area (TPSA) is 38.8 Å². The molecular weight excluding hydrogens is 288 g/mol. The van der Waals surface area contributed by atoms with Crippen LogP contribution in [0.5, 0.6) is 0 Å². The van der Waals surface area contributed by atoms with Crippen molar-refractivity contribution < 1.29 is 4.79 Å². The highest BCUT2D eigenvalue weighted by molar-refractivity contribution is 5.89. The maximum absolute atomic E-state index is 12.3. The molecule has 0 unspecified atom stereocenters. The summed E-state index contributed by atoms with van der Waals surface area (Å²) < 4.78 is 0. The van der Waals surface area contributed by atoms with Gasteiger partial charge < -0.3 is 15.1 Å². The summed E-state index contributed by atoms with van der Waals surface area (Å²) in [7, 11) is 0. The number of nitrogens with one attached hydrogen (secondary N) is 1. The number of benzene rings is 1. The average Bonchev–Trinajstić information content (AvgIpc) is 3.09. The number of anilines is 1. The SMILES string of the molecule is Cc1ccc(NC(=O)N2CCN(CCN3CCCC3)CC2)cc1. The van der Waals surface area contributed by atoms with Crippen LogP contribution in [0.4, 0.5) is 10.5 Å². The Kier molecular flexibility index (Phi) is 5.51. The first kappa shape index (κ1) is 16.3. The van der Waals surface area contributed by atoms with Crippen molar-refractivity contribution in [2.24, 2.45) is 0 Å². The molecule has 2 saturated heterocycles. The van der Waals surface area contributed by atoms with Gasteiger partial charge in [0.15, 0.2) is 0 Å². The summed E-state index contributed by atoms with van der Waals surface area (Å²) in [4.78, 5) is 19.3. The van der Waals surface area contributed by atoms with Crippen molar-refractivity contribution in [3.05, 3.63) is 29.8 Å². The minimum absolute atomic E-state index is 0.0213. The summed E-state index contributed by atoms with van der Waals surface area (Å²) in [5.41, 5.74) is 2.08. The number of carbonyl (C=O) groups is 1. The molecule has 1 aromatic rings. The minimum Gasteiger partial charge on any atom is -0.322 e. The fourth-order valence-corrected chi connectivity index (χ4v) is 3.30. The van der Waals surface area contributed by atoms with E-state index >= 15 is 0 Å². The molecule has 2 fully saturated rings. The van der Waals surface area contributed by atoms with Crippen molar-refractivity contribution in [3.63, 3.8) is 0 Å². The van der Waals surface area contributed by atoms with Gasteiger partial charge in [0, 0.05) is 45.0 Å². The smallest absolute Gasteiger partial charge is 0.321 e. The summed E-state index contributed by atoms with van der Waals surface area (Å²) in [6.07, 6.45) is 2.71. The van der Waals surface area contributed by atoms with E-state index in [1.165, 1.54) is 38.0 Å². The lowest BCUT2D eigenvalue weighted by molar-refractivity contribution is 0.137. The predicted octanol–water partition coefficient (Wildman–Crippen LogP) is 2.24. The van der Waals surface area contributed by atoms with Gasteiger partial charge in [-0.05, 0) is 45.0 Å². The largest absolute Gasteiger partial charge is 0.322 e. The molecule has 0 bridgehead atoms. The van der Waals surface area contributed by atoms with E-state index in [9.17, 15) is 4.79 Å². The molecule has 126 valence electrons. The number of hydrogen-bond donors (Lipinski definition) is 1. The molecular formula is C18H28N4O. The number of aryl methyl sites for hydroxylation is 1. The molecule has 0 radical (unpaired) electrons. The molecule has 1 N–H and O–H groups in total. The molecule has 5 heteroatoms. The Bertz CT molecular complexity index is 502. The fraction of sp³-hybridized carbons (Fsp3) is 0.611. The van der Waals surface area contributed by atoms with E-state index < -0.39 is 0 Å². The summed E-state index contributed by atoms with van der Waals surface area (Å²) in [5.74, 6) is 0. The first-order valence-corrected chi connectivity index (χ1v) is 8.78. The standard InChI is InChI=1S/C18H28N4O/c1-16-4-6-17(7-5-16)19-18(23)22-14-12-21(13-15-22)11-10-20-8-2-3-9-20/h4-7H,2-3,8-15H2,1H3,(H,19,23). The van der Waals surface area contributed by atoms with Gasteiger partial charge in [-0.25, -0.2) is 4.79 Å². The third kappa shape index (κ3) is 4.69. The van der Waals surface area contributed by atoms with Gasteiger partial charge >= 0.3 is 6.03 Å². The molecule has 0 spiro atoms. The Balaban J connectivity index is 1.39. The van der Waals surface area contributed by atoms with Crippen LogP contribution in [0.1, 0.15) is 18.4 Å². The van der Waals surface area contributed by atoms with E-state index in [1.54, 1.807) is 0 Å².